The molecule has 2 aromatic rings. The molecule has 3 N–H and O–H groups in total. The van der Waals surface area contributed by atoms with Crippen molar-refractivity contribution >= 4 is 17.6 Å². The van der Waals surface area contributed by atoms with Crippen LogP contribution < -0.4 is 10.2 Å². The van der Waals surface area contributed by atoms with E-state index in [0.717, 1.165) is 37.1 Å². The molecule has 8 nitrogen and oxygen atoms in total. The molecule has 4 aliphatic heterocycles. The molecule has 0 saturated carbocycles. The van der Waals surface area contributed by atoms with E-state index in [1.54, 1.807) is 50.5 Å². The second-order valence-corrected chi connectivity index (χ2v) is 10.7. The first-order chi connectivity index (χ1) is 19.3. The van der Waals surface area contributed by atoms with E-state index in [2.05, 4.69) is 33.0 Å². The Morgan fingerprint density at radius 2 is 2.05 bits per heavy atom. The molecule has 0 spiro atoms. The monoisotopic (exact) mass is 538 g/mol. The van der Waals surface area contributed by atoms with Crippen LogP contribution in [0.4, 0.5) is 10.2 Å². The number of fused-ring (bicyclic) bond motifs is 2. The summed E-state index contributed by atoms with van der Waals surface area (Å²) in [6.07, 6.45) is 7.29. The standard InChI is InChI=1S/C31H31FN6O2/c1-31(2,39)20-40-26-13-27(30(36-17-26)23(14-33)15-34)22-9-10-29(35-16-22)37-18-24-12-25(19-37)38(24)11-5-7-21-6-3-4-8-28(21)32/h3-4,6,8-10,13-14,16-17,24-25,33,36,39H,11-12,18-20H2,1-2H3/b30-23+,33-14?. The average Bonchev–Trinajstić information content (AvgIpc) is 2.96. The molecule has 1 aromatic heterocycles. The second-order valence-electron chi connectivity index (χ2n) is 10.7. The van der Waals surface area contributed by atoms with Crippen molar-refractivity contribution in [1.29, 1.82) is 10.7 Å². The molecule has 3 saturated heterocycles. The number of benzene rings is 1. The summed E-state index contributed by atoms with van der Waals surface area (Å²) >= 11 is 0. The summed E-state index contributed by atoms with van der Waals surface area (Å²) in [6.45, 7) is 5.70. The third kappa shape index (κ3) is 5.91. The maximum absolute atomic E-state index is 13.8. The number of nitrogens with zero attached hydrogens (tertiary/aromatic N) is 4. The Hall–Kier alpha value is -4.44. The van der Waals surface area contributed by atoms with Crippen molar-refractivity contribution in [3.63, 3.8) is 0 Å². The topological polar surface area (TPSA) is 108 Å². The van der Waals surface area contributed by atoms with Gasteiger partial charge in [-0.3, -0.25) is 4.90 Å². The number of nitriles is 1. The Morgan fingerprint density at radius 3 is 2.70 bits per heavy atom. The van der Waals surface area contributed by atoms with Crippen LogP contribution in [0.5, 0.6) is 0 Å². The maximum atomic E-state index is 13.8. The highest BCUT2D eigenvalue weighted by molar-refractivity contribution is 5.92. The van der Waals surface area contributed by atoms with Gasteiger partial charge in [-0.05, 0) is 50.6 Å². The van der Waals surface area contributed by atoms with Crippen molar-refractivity contribution in [2.24, 2.45) is 0 Å². The molecule has 2 bridgehead atoms. The molecule has 9 heteroatoms. The zero-order chi connectivity index (χ0) is 28.3. The molecule has 0 aliphatic carbocycles. The smallest absolute Gasteiger partial charge is 0.138 e. The highest BCUT2D eigenvalue weighted by atomic mass is 19.1. The van der Waals surface area contributed by atoms with E-state index in [0.29, 0.717) is 41.2 Å². The van der Waals surface area contributed by atoms with Crippen LogP contribution in [0.2, 0.25) is 0 Å². The molecule has 204 valence electrons. The maximum Gasteiger partial charge on any atom is 0.138 e. The third-order valence-corrected chi connectivity index (χ3v) is 7.13. The minimum atomic E-state index is -1.00. The van der Waals surface area contributed by atoms with Gasteiger partial charge in [0, 0.05) is 54.9 Å². The van der Waals surface area contributed by atoms with Crippen molar-refractivity contribution in [3.05, 3.63) is 88.8 Å². The van der Waals surface area contributed by atoms with Crippen molar-refractivity contribution in [2.75, 3.05) is 31.1 Å². The van der Waals surface area contributed by atoms with Crippen LogP contribution in [0, 0.1) is 34.4 Å². The zero-order valence-corrected chi connectivity index (χ0v) is 22.5. The van der Waals surface area contributed by atoms with Gasteiger partial charge in [-0.1, -0.05) is 24.0 Å². The number of anilines is 1. The predicted molar refractivity (Wildman–Crippen MR) is 151 cm³/mol. The Kier molecular flexibility index (Phi) is 7.70. The number of ether oxygens (including phenoxy) is 1. The lowest BCUT2D eigenvalue weighted by molar-refractivity contribution is 0.00548. The first-order valence-electron chi connectivity index (χ1n) is 13.1. The molecule has 1 aromatic carbocycles. The molecule has 6 rings (SSSR count). The number of allylic oxidation sites excluding steroid dienone is 3. The average molecular weight is 539 g/mol. The number of nitrogens with one attached hydrogen (secondary N) is 2. The molecule has 40 heavy (non-hydrogen) atoms. The lowest BCUT2D eigenvalue weighted by Crippen LogP contribution is -2.68. The van der Waals surface area contributed by atoms with E-state index in [1.807, 2.05) is 12.1 Å². The zero-order valence-electron chi connectivity index (χ0n) is 22.5. The number of pyridine rings is 1. The highest BCUT2D eigenvalue weighted by Gasteiger charge is 2.44. The van der Waals surface area contributed by atoms with Gasteiger partial charge in [0.15, 0.2) is 0 Å². The summed E-state index contributed by atoms with van der Waals surface area (Å²) in [6, 6.07) is 13.3. The van der Waals surface area contributed by atoms with E-state index in [1.165, 1.54) is 6.07 Å². The number of piperazine rings is 1. The lowest BCUT2D eigenvalue weighted by Gasteiger charge is -2.56. The summed E-state index contributed by atoms with van der Waals surface area (Å²) in [4.78, 5) is 9.37. The number of piperidine rings is 1. The lowest BCUT2D eigenvalue weighted by atomic mass is 9.87. The van der Waals surface area contributed by atoms with E-state index < -0.39 is 5.60 Å². The van der Waals surface area contributed by atoms with Crippen LogP contribution in [0.3, 0.4) is 0 Å². The summed E-state index contributed by atoms with van der Waals surface area (Å²) in [5, 5.41) is 30.3. The molecule has 2 unspecified atom stereocenters. The van der Waals surface area contributed by atoms with E-state index in [-0.39, 0.29) is 18.0 Å². The van der Waals surface area contributed by atoms with Crippen molar-refractivity contribution in [3.8, 4) is 17.9 Å². The number of aliphatic hydroxyl groups is 1. The van der Waals surface area contributed by atoms with Crippen molar-refractivity contribution in [2.45, 2.75) is 38.0 Å². The van der Waals surface area contributed by atoms with Gasteiger partial charge in [-0.2, -0.15) is 5.26 Å². The van der Waals surface area contributed by atoms with Crippen molar-refractivity contribution in [1.82, 2.24) is 15.2 Å². The number of hydrogen-bond donors (Lipinski definition) is 3. The van der Waals surface area contributed by atoms with E-state index in [4.69, 9.17) is 15.1 Å². The van der Waals surface area contributed by atoms with Crippen LogP contribution in [0.1, 0.15) is 31.4 Å². The molecule has 2 atom stereocenters. The van der Waals surface area contributed by atoms with Gasteiger partial charge in [-0.15, -0.1) is 0 Å². The number of rotatable bonds is 7. The third-order valence-electron chi connectivity index (χ3n) is 7.13. The SMILES string of the molecule is CC(C)(O)COC1=CN/C(=C(/C#N)C=N)C(c2ccc(N3CC4CC(C3)N4CC#Cc3ccccc3F)nc2)=C1. The molecular weight excluding hydrogens is 507 g/mol. The van der Waals surface area contributed by atoms with Crippen LogP contribution in [-0.4, -0.2) is 65.1 Å². The molecule has 0 amide bonds. The van der Waals surface area contributed by atoms with Gasteiger partial charge in [0.1, 0.15) is 30.1 Å². The first kappa shape index (κ1) is 27.1. The minimum Gasteiger partial charge on any atom is -0.489 e. The fourth-order valence-electron chi connectivity index (χ4n) is 5.08. The number of halogens is 1. The summed E-state index contributed by atoms with van der Waals surface area (Å²) < 4.78 is 19.6. The van der Waals surface area contributed by atoms with E-state index >= 15 is 0 Å². The second kappa shape index (κ2) is 11.4. The molecule has 4 aliphatic rings. The molecule has 0 radical (unpaired) electrons. The normalized spacial score (nSPS) is 21.4. The van der Waals surface area contributed by atoms with E-state index in [9.17, 15) is 14.8 Å². The van der Waals surface area contributed by atoms with Crippen LogP contribution in [0.25, 0.3) is 5.57 Å². The molecular formula is C31H31FN6O2. The molecule has 3 fully saturated rings. The fraction of sp³-hybridized carbons (Fsp3) is 0.323. The van der Waals surface area contributed by atoms with Crippen LogP contribution >= 0.6 is 0 Å². The number of dihydropyridines is 1. The fourth-order valence-corrected chi connectivity index (χ4v) is 5.08. The molecule has 5 heterocycles. The number of hydrogen-bond acceptors (Lipinski definition) is 8. The Morgan fingerprint density at radius 1 is 1.27 bits per heavy atom. The van der Waals surface area contributed by atoms with Gasteiger partial charge < -0.3 is 25.5 Å². The van der Waals surface area contributed by atoms with Gasteiger partial charge >= 0.3 is 0 Å². The predicted octanol–water partition coefficient (Wildman–Crippen LogP) is 3.58. The first-order valence-corrected chi connectivity index (χ1v) is 13.1. The Balaban J connectivity index is 1.27. The Labute approximate surface area is 233 Å². The quantitative estimate of drug-likeness (QED) is 0.281. The van der Waals surface area contributed by atoms with Crippen LogP contribution in [0.15, 0.2) is 71.9 Å². The van der Waals surface area contributed by atoms with Gasteiger partial charge in [0.2, 0.25) is 0 Å². The van der Waals surface area contributed by atoms with Crippen LogP contribution in [-0.2, 0) is 4.74 Å². The minimum absolute atomic E-state index is 0.0965. The van der Waals surface area contributed by atoms with Gasteiger partial charge in [-0.25, -0.2) is 9.37 Å². The summed E-state index contributed by atoms with van der Waals surface area (Å²) in [5.74, 6) is 7.16. The van der Waals surface area contributed by atoms with Crippen molar-refractivity contribution < 1.29 is 14.2 Å². The van der Waals surface area contributed by atoms with Gasteiger partial charge in [0.05, 0.1) is 29.0 Å². The summed E-state index contributed by atoms with van der Waals surface area (Å²) in [7, 11) is 0. The highest BCUT2D eigenvalue weighted by Crippen LogP contribution is 2.34. The van der Waals surface area contributed by atoms with Gasteiger partial charge in [0.25, 0.3) is 0 Å². The number of aromatic nitrogens is 1. The summed E-state index contributed by atoms with van der Waals surface area (Å²) in [5.41, 5.74) is 1.54. The Bertz CT molecular complexity index is 1470. The largest absolute Gasteiger partial charge is 0.489 e.